The minimum Gasteiger partial charge on any atom is -0.319 e. The fourth-order valence-electron chi connectivity index (χ4n) is 4.99. The van der Waals surface area contributed by atoms with Crippen LogP contribution in [-0.4, -0.2) is 19.5 Å². The molecule has 0 fully saturated rings. The summed E-state index contributed by atoms with van der Waals surface area (Å²) in [6, 6.07) is 38.8. The van der Waals surface area contributed by atoms with Gasteiger partial charge < -0.3 is 4.57 Å². The van der Waals surface area contributed by atoms with Gasteiger partial charge in [-0.3, -0.25) is 9.78 Å². The zero-order chi connectivity index (χ0) is 25.1. The molecule has 5 nitrogen and oxygen atoms in total. The summed E-state index contributed by atoms with van der Waals surface area (Å²) in [5, 5.41) is 0.827. The van der Waals surface area contributed by atoms with E-state index in [-0.39, 0.29) is 12.0 Å². The van der Waals surface area contributed by atoms with Crippen LogP contribution in [0.3, 0.4) is 0 Å². The van der Waals surface area contributed by atoms with Crippen LogP contribution in [-0.2, 0) is 12.0 Å². The first-order valence-corrected chi connectivity index (χ1v) is 12.2. The molecule has 0 radical (unpaired) electrons. The van der Waals surface area contributed by atoms with Gasteiger partial charge in [-0.1, -0.05) is 109 Å². The van der Waals surface area contributed by atoms with Crippen molar-refractivity contribution >= 4 is 10.9 Å². The van der Waals surface area contributed by atoms with Gasteiger partial charge >= 0.3 is 0 Å². The molecule has 0 amide bonds. The van der Waals surface area contributed by atoms with Crippen LogP contribution in [0, 0.1) is 0 Å². The van der Waals surface area contributed by atoms with Crippen molar-refractivity contribution < 1.29 is 0 Å². The number of hydrogen-bond donors (Lipinski definition) is 0. The molecule has 0 aliphatic carbocycles. The minimum absolute atomic E-state index is 0.286. The van der Waals surface area contributed by atoms with Crippen molar-refractivity contribution in [2.24, 2.45) is 0 Å². The van der Waals surface area contributed by atoms with E-state index in [9.17, 15) is 4.79 Å². The van der Waals surface area contributed by atoms with E-state index in [2.05, 4.69) is 87.3 Å². The van der Waals surface area contributed by atoms with E-state index in [1.165, 1.54) is 0 Å². The third kappa shape index (κ3) is 4.10. The number of hydrogen-bond acceptors (Lipinski definition) is 4. The van der Waals surface area contributed by atoms with Gasteiger partial charge in [0.1, 0.15) is 11.2 Å². The number of nitrogens with zero attached hydrogens (tertiary/aromatic N) is 4. The van der Waals surface area contributed by atoms with Crippen molar-refractivity contribution in [1.82, 2.24) is 19.5 Å². The van der Waals surface area contributed by atoms with Crippen molar-refractivity contribution in [1.29, 1.82) is 0 Å². The Morgan fingerprint density at radius 2 is 1.19 bits per heavy atom. The predicted octanol–water partition coefficient (Wildman–Crippen LogP) is 5.62. The highest BCUT2D eigenvalue weighted by atomic mass is 16.1. The van der Waals surface area contributed by atoms with Gasteiger partial charge in [0, 0.05) is 24.2 Å². The maximum absolute atomic E-state index is 12.9. The van der Waals surface area contributed by atoms with E-state index in [0.29, 0.717) is 11.2 Å². The Bertz CT molecular complexity index is 1620. The molecule has 0 aliphatic heterocycles. The Balaban J connectivity index is 1.52. The van der Waals surface area contributed by atoms with Crippen LogP contribution in [0.15, 0.2) is 139 Å². The van der Waals surface area contributed by atoms with Gasteiger partial charge in [-0.15, -0.1) is 0 Å². The van der Waals surface area contributed by atoms with Gasteiger partial charge in [-0.05, 0) is 22.8 Å². The molecule has 6 rings (SSSR count). The van der Waals surface area contributed by atoms with Crippen LogP contribution in [0.2, 0.25) is 0 Å². The molecular weight excluding hydrogens is 456 g/mol. The summed E-state index contributed by atoms with van der Waals surface area (Å²) in [5.41, 5.74) is 4.08. The molecule has 5 heteroatoms. The maximum atomic E-state index is 12.9. The van der Waals surface area contributed by atoms with Crippen molar-refractivity contribution in [3.8, 4) is 0 Å². The van der Waals surface area contributed by atoms with Crippen molar-refractivity contribution in [2.75, 3.05) is 0 Å². The fraction of sp³-hybridized carbons (Fsp3) is 0.0625. The van der Waals surface area contributed by atoms with E-state index in [1.54, 1.807) is 6.20 Å². The highest BCUT2D eigenvalue weighted by Gasteiger charge is 2.38. The first-order valence-electron chi connectivity index (χ1n) is 12.2. The second-order valence-electron chi connectivity index (χ2n) is 8.94. The normalized spacial score (nSPS) is 11.5. The van der Waals surface area contributed by atoms with Gasteiger partial charge in [0.25, 0.3) is 5.56 Å². The molecule has 0 unspecified atom stereocenters. The van der Waals surface area contributed by atoms with E-state index >= 15 is 0 Å². The molecule has 6 aromatic rings. The molecule has 0 bridgehead atoms. The standard InChI is InChI=1S/C32H24N4O/c37-31-30(33-21-24-12-10-11-19-29(24)35-31)20-28-22-36(23-34-28)32(25-13-4-1-5-14-25,26-15-6-2-7-16-26)27-17-8-3-9-18-27/h1-19,21-23H,20H2. The second kappa shape index (κ2) is 9.63. The number of aromatic nitrogens is 4. The largest absolute Gasteiger partial charge is 0.319 e. The van der Waals surface area contributed by atoms with Gasteiger partial charge in [0.05, 0.1) is 17.5 Å². The number of fused-ring (bicyclic) bond motifs is 1. The van der Waals surface area contributed by atoms with Crippen LogP contribution in [0.4, 0.5) is 0 Å². The van der Waals surface area contributed by atoms with E-state index in [1.807, 2.05) is 55.0 Å². The summed E-state index contributed by atoms with van der Waals surface area (Å²) in [6.07, 6.45) is 5.85. The first kappa shape index (κ1) is 22.6. The SMILES string of the molecule is O=c1nc2ccccc2cnc1Cc1cn(C(c2ccccc2)(c2ccccc2)c2ccccc2)cn1. The van der Waals surface area contributed by atoms with Gasteiger partial charge in [0.15, 0.2) is 0 Å². The molecule has 0 saturated heterocycles. The summed E-state index contributed by atoms with van der Waals surface area (Å²) >= 11 is 0. The quantitative estimate of drug-likeness (QED) is 0.291. The Labute approximate surface area is 214 Å². The Kier molecular flexibility index (Phi) is 5.87. The van der Waals surface area contributed by atoms with Gasteiger partial charge in [-0.2, -0.15) is 0 Å². The third-order valence-electron chi connectivity index (χ3n) is 6.71. The minimum atomic E-state index is -0.656. The van der Waals surface area contributed by atoms with Crippen LogP contribution in [0.1, 0.15) is 28.1 Å². The lowest BCUT2D eigenvalue weighted by Gasteiger charge is -2.37. The first-order chi connectivity index (χ1) is 18.2. The van der Waals surface area contributed by atoms with E-state index in [4.69, 9.17) is 4.98 Å². The smallest absolute Gasteiger partial charge is 0.292 e. The second-order valence-corrected chi connectivity index (χ2v) is 8.94. The highest BCUT2D eigenvalue weighted by Crippen LogP contribution is 2.40. The van der Waals surface area contributed by atoms with Crippen LogP contribution in [0.25, 0.3) is 10.9 Å². The fourth-order valence-corrected chi connectivity index (χ4v) is 4.99. The Morgan fingerprint density at radius 3 is 1.78 bits per heavy atom. The lowest BCUT2D eigenvalue weighted by atomic mass is 9.77. The zero-order valence-electron chi connectivity index (χ0n) is 20.1. The van der Waals surface area contributed by atoms with Crippen LogP contribution >= 0.6 is 0 Å². The zero-order valence-corrected chi connectivity index (χ0v) is 20.1. The average Bonchev–Trinajstić information content (AvgIpc) is 3.36. The number of rotatable bonds is 6. The average molecular weight is 481 g/mol. The third-order valence-corrected chi connectivity index (χ3v) is 6.71. The molecule has 2 aromatic heterocycles. The predicted molar refractivity (Wildman–Crippen MR) is 145 cm³/mol. The molecule has 0 spiro atoms. The molecule has 178 valence electrons. The molecule has 37 heavy (non-hydrogen) atoms. The summed E-state index contributed by atoms with van der Waals surface area (Å²) in [5.74, 6) is 0. The van der Waals surface area contributed by atoms with E-state index < -0.39 is 5.54 Å². The van der Waals surface area contributed by atoms with Crippen molar-refractivity contribution in [2.45, 2.75) is 12.0 Å². The molecule has 0 saturated carbocycles. The van der Waals surface area contributed by atoms with Crippen molar-refractivity contribution in [3.63, 3.8) is 0 Å². The summed E-state index contributed by atoms with van der Waals surface area (Å²) in [6.45, 7) is 0. The van der Waals surface area contributed by atoms with Crippen molar-refractivity contribution in [3.05, 3.63) is 172 Å². The summed E-state index contributed by atoms with van der Waals surface area (Å²) < 4.78 is 2.14. The van der Waals surface area contributed by atoms with Crippen LogP contribution in [0.5, 0.6) is 0 Å². The summed E-state index contributed by atoms with van der Waals surface area (Å²) in [4.78, 5) is 26.4. The van der Waals surface area contributed by atoms with Gasteiger partial charge in [0.2, 0.25) is 0 Å². The molecule has 4 aromatic carbocycles. The topological polar surface area (TPSA) is 60.7 Å². The molecule has 0 N–H and O–H groups in total. The van der Waals surface area contributed by atoms with Crippen LogP contribution < -0.4 is 5.56 Å². The van der Waals surface area contributed by atoms with E-state index in [0.717, 1.165) is 27.8 Å². The molecular formula is C32H24N4O. The molecule has 0 aliphatic rings. The lowest BCUT2D eigenvalue weighted by molar-refractivity contribution is 0.514. The highest BCUT2D eigenvalue weighted by molar-refractivity contribution is 5.76. The number of para-hydroxylation sites is 1. The Hall–Kier alpha value is -4.90. The molecule has 0 atom stereocenters. The summed E-state index contributed by atoms with van der Waals surface area (Å²) in [7, 11) is 0. The monoisotopic (exact) mass is 480 g/mol. The van der Waals surface area contributed by atoms with Gasteiger partial charge in [-0.25, -0.2) is 9.97 Å². The molecule has 2 heterocycles. The Morgan fingerprint density at radius 1 is 0.649 bits per heavy atom. The number of benzene rings is 4. The lowest BCUT2D eigenvalue weighted by Crippen LogP contribution is -2.36. The number of imidazole rings is 1. The maximum Gasteiger partial charge on any atom is 0.292 e.